The first-order chi connectivity index (χ1) is 11.0. The first-order valence-corrected chi connectivity index (χ1v) is 8.37. The Morgan fingerprint density at radius 3 is 2.91 bits per heavy atom. The number of aromatic nitrogens is 2. The Morgan fingerprint density at radius 1 is 1.39 bits per heavy atom. The van der Waals surface area contributed by atoms with Crippen LogP contribution in [0.4, 0.5) is 4.79 Å². The Labute approximate surface area is 138 Å². The lowest BCUT2D eigenvalue weighted by atomic mass is 10.2. The van der Waals surface area contributed by atoms with Crippen molar-refractivity contribution in [1.82, 2.24) is 25.1 Å². The van der Waals surface area contributed by atoms with Crippen LogP contribution in [0.25, 0.3) is 0 Å². The number of nitrogens with zero attached hydrogens (tertiary/aromatic N) is 3. The van der Waals surface area contributed by atoms with Gasteiger partial charge in [0.2, 0.25) is 0 Å². The molecule has 1 aromatic heterocycles. The molecule has 0 spiro atoms. The lowest BCUT2D eigenvalue weighted by molar-refractivity contribution is -0.0290. The minimum absolute atomic E-state index is 0.0360. The molecule has 2 heterocycles. The number of hydrogen-bond acceptors (Lipinski definition) is 4. The molecule has 0 radical (unpaired) electrons. The van der Waals surface area contributed by atoms with Crippen molar-refractivity contribution < 1.29 is 9.53 Å². The van der Waals surface area contributed by atoms with Gasteiger partial charge in [0.25, 0.3) is 0 Å². The quantitative estimate of drug-likeness (QED) is 0.783. The summed E-state index contributed by atoms with van der Waals surface area (Å²) in [5.41, 5.74) is 0. The standard InChI is InChI=1S/C16H29N5O2/c1-13(2)9-20-6-7-23-15(11-20)8-18-16(22)19-14(3)10-21-5-4-17-12-21/h4-5,12-15H,6-11H2,1-3H3,(H2,18,19,22)/t14-,15+/m1/s1. The lowest BCUT2D eigenvalue weighted by Crippen LogP contribution is -2.50. The van der Waals surface area contributed by atoms with Gasteiger partial charge in [-0.05, 0) is 12.8 Å². The van der Waals surface area contributed by atoms with E-state index in [4.69, 9.17) is 4.74 Å². The maximum absolute atomic E-state index is 12.0. The van der Waals surface area contributed by atoms with Crippen molar-refractivity contribution in [1.29, 1.82) is 0 Å². The summed E-state index contributed by atoms with van der Waals surface area (Å²) in [6.45, 7) is 11.3. The van der Waals surface area contributed by atoms with Crippen molar-refractivity contribution in [2.24, 2.45) is 5.92 Å². The van der Waals surface area contributed by atoms with Crippen LogP contribution in [-0.2, 0) is 11.3 Å². The fourth-order valence-corrected chi connectivity index (χ4v) is 2.82. The third kappa shape index (κ3) is 6.58. The highest BCUT2D eigenvalue weighted by molar-refractivity contribution is 5.74. The van der Waals surface area contributed by atoms with Crippen molar-refractivity contribution in [3.05, 3.63) is 18.7 Å². The molecule has 0 unspecified atom stereocenters. The summed E-state index contributed by atoms with van der Waals surface area (Å²) in [6, 6.07) is -0.115. The second kappa shape index (κ2) is 8.88. The van der Waals surface area contributed by atoms with Crippen LogP contribution >= 0.6 is 0 Å². The molecule has 2 rings (SSSR count). The highest BCUT2D eigenvalue weighted by Gasteiger charge is 2.21. The molecule has 130 valence electrons. The molecule has 7 nitrogen and oxygen atoms in total. The van der Waals surface area contributed by atoms with Crippen LogP contribution in [0.1, 0.15) is 20.8 Å². The highest BCUT2D eigenvalue weighted by Crippen LogP contribution is 2.07. The van der Waals surface area contributed by atoms with Gasteiger partial charge < -0.3 is 19.9 Å². The van der Waals surface area contributed by atoms with Gasteiger partial charge in [0.15, 0.2) is 0 Å². The van der Waals surface area contributed by atoms with Crippen molar-refractivity contribution in [2.75, 3.05) is 32.8 Å². The molecule has 2 N–H and O–H groups in total. The van der Waals surface area contributed by atoms with E-state index >= 15 is 0 Å². The Balaban J connectivity index is 1.65. The van der Waals surface area contributed by atoms with Gasteiger partial charge in [-0.3, -0.25) is 4.90 Å². The number of carbonyl (C=O) groups is 1. The molecule has 7 heteroatoms. The lowest BCUT2D eigenvalue weighted by Gasteiger charge is -2.34. The van der Waals surface area contributed by atoms with Gasteiger partial charge in [0, 0.05) is 51.2 Å². The summed E-state index contributed by atoms with van der Waals surface area (Å²) >= 11 is 0. The fraction of sp³-hybridized carbons (Fsp3) is 0.750. The molecule has 2 amide bonds. The van der Waals surface area contributed by atoms with Crippen molar-refractivity contribution in [3.63, 3.8) is 0 Å². The van der Waals surface area contributed by atoms with E-state index in [1.807, 2.05) is 17.7 Å². The first kappa shape index (κ1) is 17.7. The summed E-state index contributed by atoms with van der Waals surface area (Å²) in [7, 11) is 0. The minimum atomic E-state index is -0.151. The second-order valence-corrected chi connectivity index (χ2v) is 6.66. The maximum atomic E-state index is 12.0. The average molecular weight is 323 g/mol. The van der Waals surface area contributed by atoms with Gasteiger partial charge in [-0.1, -0.05) is 13.8 Å². The monoisotopic (exact) mass is 323 g/mol. The minimum Gasteiger partial charge on any atom is -0.374 e. The molecule has 1 saturated heterocycles. The van der Waals surface area contributed by atoms with Gasteiger partial charge >= 0.3 is 6.03 Å². The molecular weight excluding hydrogens is 294 g/mol. The van der Waals surface area contributed by atoms with Crippen LogP contribution in [0, 0.1) is 5.92 Å². The van der Waals surface area contributed by atoms with Crippen LogP contribution in [0.2, 0.25) is 0 Å². The number of urea groups is 1. The van der Waals surface area contributed by atoms with Crippen LogP contribution < -0.4 is 10.6 Å². The van der Waals surface area contributed by atoms with E-state index in [1.165, 1.54) is 0 Å². The van der Waals surface area contributed by atoms with E-state index in [-0.39, 0.29) is 18.2 Å². The fourth-order valence-electron chi connectivity index (χ4n) is 2.82. The molecule has 1 aliphatic heterocycles. The maximum Gasteiger partial charge on any atom is 0.315 e. The summed E-state index contributed by atoms with van der Waals surface area (Å²) in [4.78, 5) is 18.4. The zero-order chi connectivity index (χ0) is 16.7. The predicted molar refractivity (Wildman–Crippen MR) is 89.2 cm³/mol. The number of imidazole rings is 1. The smallest absolute Gasteiger partial charge is 0.315 e. The SMILES string of the molecule is CC(C)CN1CCO[C@@H](CNC(=O)N[C@H](C)Cn2ccnc2)C1. The topological polar surface area (TPSA) is 71.4 Å². The van der Waals surface area contributed by atoms with Gasteiger partial charge in [0.1, 0.15) is 0 Å². The van der Waals surface area contributed by atoms with Crippen LogP contribution in [0.3, 0.4) is 0 Å². The van der Waals surface area contributed by atoms with Gasteiger partial charge in [-0.25, -0.2) is 9.78 Å². The van der Waals surface area contributed by atoms with Crippen molar-refractivity contribution in [2.45, 2.75) is 39.5 Å². The van der Waals surface area contributed by atoms with Gasteiger partial charge in [-0.2, -0.15) is 0 Å². The molecule has 2 atom stereocenters. The number of ether oxygens (including phenoxy) is 1. The predicted octanol–water partition coefficient (Wildman–Crippen LogP) is 0.928. The average Bonchev–Trinajstić information content (AvgIpc) is 2.97. The van der Waals surface area contributed by atoms with Crippen LogP contribution in [0.15, 0.2) is 18.7 Å². The highest BCUT2D eigenvalue weighted by atomic mass is 16.5. The number of carbonyl (C=O) groups excluding carboxylic acids is 1. The summed E-state index contributed by atoms with van der Waals surface area (Å²) < 4.78 is 7.68. The van der Waals surface area contributed by atoms with E-state index in [1.54, 1.807) is 12.5 Å². The van der Waals surface area contributed by atoms with Crippen LogP contribution in [0.5, 0.6) is 0 Å². The van der Waals surface area contributed by atoms with E-state index in [2.05, 4.69) is 34.4 Å². The number of nitrogens with one attached hydrogen (secondary N) is 2. The second-order valence-electron chi connectivity index (χ2n) is 6.66. The number of hydrogen-bond donors (Lipinski definition) is 2. The van der Waals surface area contributed by atoms with E-state index < -0.39 is 0 Å². The summed E-state index contributed by atoms with van der Waals surface area (Å²) in [6.07, 6.45) is 5.43. The van der Waals surface area contributed by atoms with Gasteiger partial charge in [-0.15, -0.1) is 0 Å². The third-order valence-electron chi connectivity index (χ3n) is 3.76. The zero-order valence-electron chi connectivity index (χ0n) is 14.4. The Morgan fingerprint density at radius 2 is 2.22 bits per heavy atom. The molecule has 1 fully saturated rings. The number of morpholine rings is 1. The van der Waals surface area contributed by atoms with Gasteiger partial charge in [0.05, 0.1) is 19.0 Å². The molecule has 23 heavy (non-hydrogen) atoms. The largest absolute Gasteiger partial charge is 0.374 e. The molecule has 0 aromatic carbocycles. The summed E-state index contributed by atoms with van der Waals surface area (Å²) in [5, 5.41) is 5.84. The van der Waals surface area contributed by atoms with E-state index in [0.717, 1.165) is 26.2 Å². The molecule has 1 aromatic rings. The first-order valence-electron chi connectivity index (χ1n) is 8.37. The third-order valence-corrected chi connectivity index (χ3v) is 3.76. The number of amides is 2. The molecule has 0 bridgehead atoms. The molecule has 1 aliphatic rings. The molecule has 0 aliphatic carbocycles. The Hall–Kier alpha value is -1.60. The van der Waals surface area contributed by atoms with Crippen molar-refractivity contribution >= 4 is 6.03 Å². The molecular formula is C16H29N5O2. The Bertz CT molecular complexity index is 463. The van der Waals surface area contributed by atoms with E-state index in [9.17, 15) is 4.79 Å². The van der Waals surface area contributed by atoms with E-state index in [0.29, 0.717) is 19.0 Å². The molecule has 0 saturated carbocycles. The number of rotatable bonds is 7. The normalized spacial score (nSPS) is 20.4. The zero-order valence-corrected chi connectivity index (χ0v) is 14.4. The summed E-state index contributed by atoms with van der Waals surface area (Å²) in [5.74, 6) is 0.647. The Kier molecular flexibility index (Phi) is 6.85. The van der Waals surface area contributed by atoms with Crippen LogP contribution in [-0.4, -0.2) is 65.4 Å². The van der Waals surface area contributed by atoms with Crippen molar-refractivity contribution in [3.8, 4) is 0 Å².